The van der Waals surface area contributed by atoms with E-state index in [4.69, 9.17) is 18.9 Å². The molecule has 0 aliphatic rings. The van der Waals surface area contributed by atoms with Gasteiger partial charge in [-0.05, 0) is 33.4 Å². The van der Waals surface area contributed by atoms with E-state index in [1.807, 2.05) is 13.8 Å². The van der Waals surface area contributed by atoms with Gasteiger partial charge >= 0.3 is 0 Å². The molecule has 5 nitrogen and oxygen atoms in total. The molecule has 0 radical (unpaired) electrons. The zero-order valence-electron chi connectivity index (χ0n) is 12.1. The minimum absolute atomic E-state index is 0.0783. The van der Waals surface area contributed by atoms with Crippen LogP contribution in [0.4, 0.5) is 0 Å². The van der Waals surface area contributed by atoms with Crippen LogP contribution in [0, 0.1) is 0 Å². The highest BCUT2D eigenvalue weighted by atomic mass is 16.7. The Morgan fingerprint density at radius 1 is 0.944 bits per heavy atom. The second kappa shape index (κ2) is 14.9. The summed E-state index contributed by atoms with van der Waals surface area (Å²) in [7, 11) is 1.68. The minimum atomic E-state index is -0.0783. The van der Waals surface area contributed by atoms with Crippen LogP contribution in [0.1, 0.15) is 26.7 Å². The van der Waals surface area contributed by atoms with Crippen molar-refractivity contribution in [2.75, 3.05) is 53.2 Å². The number of rotatable bonds is 14. The maximum atomic E-state index is 5.45. The molecule has 18 heavy (non-hydrogen) atoms. The predicted octanol–water partition coefficient (Wildman–Crippen LogP) is 1.42. The molecule has 0 unspecified atom stereocenters. The zero-order chi connectivity index (χ0) is 13.5. The van der Waals surface area contributed by atoms with Gasteiger partial charge in [-0.25, -0.2) is 0 Å². The van der Waals surface area contributed by atoms with Crippen molar-refractivity contribution in [1.29, 1.82) is 0 Å². The van der Waals surface area contributed by atoms with Crippen molar-refractivity contribution < 1.29 is 18.9 Å². The van der Waals surface area contributed by atoms with E-state index >= 15 is 0 Å². The van der Waals surface area contributed by atoms with Crippen LogP contribution >= 0.6 is 0 Å². The number of nitrogens with one attached hydrogen (secondary N) is 1. The smallest absolute Gasteiger partial charge is 0.158 e. The Morgan fingerprint density at radius 3 is 2.28 bits per heavy atom. The second-order valence-corrected chi connectivity index (χ2v) is 3.84. The molecule has 0 amide bonds. The topological polar surface area (TPSA) is 49.0 Å². The van der Waals surface area contributed by atoms with Crippen molar-refractivity contribution in [3.8, 4) is 0 Å². The van der Waals surface area contributed by atoms with Crippen molar-refractivity contribution in [3.05, 3.63) is 0 Å². The quantitative estimate of drug-likeness (QED) is 0.379. The summed E-state index contributed by atoms with van der Waals surface area (Å²) >= 11 is 0. The second-order valence-electron chi connectivity index (χ2n) is 3.84. The third kappa shape index (κ3) is 12.3. The highest BCUT2D eigenvalue weighted by Gasteiger charge is 2.06. The van der Waals surface area contributed by atoms with Gasteiger partial charge in [0.25, 0.3) is 0 Å². The van der Waals surface area contributed by atoms with Crippen molar-refractivity contribution in [2.24, 2.45) is 0 Å². The van der Waals surface area contributed by atoms with Crippen LogP contribution in [-0.2, 0) is 18.9 Å². The third-order valence-corrected chi connectivity index (χ3v) is 2.34. The Labute approximate surface area is 111 Å². The van der Waals surface area contributed by atoms with Crippen molar-refractivity contribution in [2.45, 2.75) is 33.0 Å². The van der Waals surface area contributed by atoms with Gasteiger partial charge in [0.1, 0.15) is 0 Å². The Kier molecular flexibility index (Phi) is 14.7. The summed E-state index contributed by atoms with van der Waals surface area (Å²) in [5.74, 6) is 0. The van der Waals surface area contributed by atoms with Gasteiger partial charge in [-0.15, -0.1) is 0 Å². The van der Waals surface area contributed by atoms with Gasteiger partial charge in [-0.3, -0.25) is 0 Å². The molecule has 0 saturated heterocycles. The Hall–Kier alpha value is -0.200. The number of methoxy groups -OCH3 is 1. The lowest BCUT2D eigenvalue weighted by Gasteiger charge is -2.16. The van der Waals surface area contributed by atoms with Gasteiger partial charge in [-0.2, -0.15) is 0 Å². The van der Waals surface area contributed by atoms with Gasteiger partial charge in [0.2, 0.25) is 0 Å². The van der Waals surface area contributed by atoms with E-state index in [9.17, 15) is 0 Å². The SMILES string of the molecule is CCOC(CCNCCCOCCOC)OCC. The van der Waals surface area contributed by atoms with E-state index in [2.05, 4.69) is 5.32 Å². The molecule has 110 valence electrons. The molecule has 5 heteroatoms. The first-order valence-electron chi connectivity index (χ1n) is 6.85. The predicted molar refractivity (Wildman–Crippen MR) is 71.8 cm³/mol. The fraction of sp³-hybridized carbons (Fsp3) is 1.00. The van der Waals surface area contributed by atoms with Crippen LogP contribution in [0.2, 0.25) is 0 Å². The lowest BCUT2D eigenvalue weighted by molar-refractivity contribution is -0.138. The molecule has 0 aliphatic heterocycles. The average molecular weight is 263 g/mol. The van der Waals surface area contributed by atoms with E-state index in [1.165, 1.54) is 0 Å². The van der Waals surface area contributed by atoms with Crippen LogP contribution < -0.4 is 5.32 Å². The summed E-state index contributed by atoms with van der Waals surface area (Å²) < 4.78 is 21.2. The lowest BCUT2D eigenvalue weighted by Crippen LogP contribution is -2.26. The van der Waals surface area contributed by atoms with Gasteiger partial charge in [0, 0.05) is 33.4 Å². The fourth-order valence-corrected chi connectivity index (χ4v) is 1.48. The number of hydrogen-bond acceptors (Lipinski definition) is 5. The molecule has 0 rings (SSSR count). The largest absolute Gasteiger partial charge is 0.382 e. The van der Waals surface area contributed by atoms with Gasteiger partial charge in [0.15, 0.2) is 6.29 Å². The molecule has 0 aromatic rings. The van der Waals surface area contributed by atoms with E-state index in [-0.39, 0.29) is 6.29 Å². The first-order valence-corrected chi connectivity index (χ1v) is 6.85. The van der Waals surface area contributed by atoms with Crippen LogP contribution in [0.5, 0.6) is 0 Å². The summed E-state index contributed by atoms with van der Waals surface area (Å²) in [6.45, 7) is 9.33. The molecule has 0 fully saturated rings. The monoisotopic (exact) mass is 263 g/mol. The molecule has 0 aromatic carbocycles. The van der Waals surface area contributed by atoms with Crippen molar-refractivity contribution in [3.63, 3.8) is 0 Å². The normalized spacial score (nSPS) is 11.3. The zero-order valence-corrected chi connectivity index (χ0v) is 12.1. The van der Waals surface area contributed by atoms with Crippen LogP contribution in [0.25, 0.3) is 0 Å². The summed E-state index contributed by atoms with van der Waals surface area (Å²) in [6.07, 6.45) is 1.81. The van der Waals surface area contributed by atoms with Crippen LogP contribution in [0.15, 0.2) is 0 Å². The fourth-order valence-electron chi connectivity index (χ4n) is 1.48. The van der Waals surface area contributed by atoms with E-state index in [0.717, 1.165) is 32.5 Å². The maximum Gasteiger partial charge on any atom is 0.158 e. The molecule has 0 saturated carbocycles. The molecule has 0 aromatic heterocycles. The lowest BCUT2D eigenvalue weighted by atomic mass is 10.4. The summed E-state index contributed by atoms with van der Waals surface area (Å²) in [6, 6.07) is 0. The van der Waals surface area contributed by atoms with Gasteiger partial charge in [-0.1, -0.05) is 0 Å². The Morgan fingerprint density at radius 2 is 1.67 bits per heavy atom. The third-order valence-electron chi connectivity index (χ3n) is 2.34. The number of hydrogen-bond donors (Lipinski definition) is 1. The molecule has 0 spiro atoms. The first-order chi connectivity index (χ1) is 8.85. The van der Waals surface area contributed by atoms with Crippen LogP contribution in [-0.4, -0.2) is 59.5 Å². The number of ether oxygens (including phenoxy) is 4. The molecular formula is C13H29NO4. The highest BCUT2D eigenvalue weighted by Crippen LogP contribution is 1.99. The Bertz CT molecular complexity index is 152. The molecule has 1 N–H and O–H groups in total. The highest BCUT2D eigenvalue weighted by molar-refractivity contribution is 4.52. The van der Waals surface area contributed by atoms with Crippen molar-refractivity contribution >= 4 is 0 Å². The van der Waals surface area contributed by atoms with E-state index in [1.54, 1.807) is 7.11 Å². The Balaban J connectivity index is 3.21. The van der Waals surface area contributed by atoms with Crippen LogP contribution in [0.3, 0.4) is 0 Å². The first kappa shape index (κ1) is 17.8. The summed E-state index contributed by atoms with van der Waals surface area (Å²) in [5.41, 5.74) is 0. The molecule has 0 heterocycles. The molecule has 0 aliphatic carbocycles. The maximum absolute atomic E-state index is 5.45. The standard InChI is InChI=1S/C13H29NO4/c1-4-17-13(18-5-2)7-9-14-8-6-10-16-12-11-15-3/h13-14H,4-12H2,1-3H3. The molecule has 0 atom stereocenters. The summed E-state index contributed by atoms with van der Waals surface area (Å²) in [5, 5.41) is 3.35. The van der Waals surface area contributed by atoms with Gasteiger partial charge in [0.05, 0.1) is 13.2 Å². The van der Waals surface area contributed by atoms with Crippen molar-refractivity contribution in [1.82, 2.24) is 5.32 Å². The average Bonchev–Trinajstić information content (AvgIpc) is 2.37. The van der Waals surface area contributed by atoms with E-state index in [0.29, 0.717) is 26.4 Å². The van der Waals surface area contributed by atoms with Gasteiger partial charge < -0.3 is 24.3 Å². The van der Waals surface area contributed by atoms with E-state index < -0.39 is 0 Å². The summed E-state index contributed by atoms with van der Waals surface area (Å²) in [4.78, 5) is 0. The minimum Gasteiger partial charge on any atom is -0.382 e. The molecular weight excluding hydrogens is 234 g/mol. The molecule has 0 bridgehead atoms.